The van der Waals surface area contributed by atoms with Crippen molar-refractivity contribution in [2.75, 3.05) is 36.4 Å². The largest absolute Gasteiger partial charge is 0.352 e. The van der Waals surface area contributed by atoms with Gasteiger partial charge in [0, 0.05) is 36.3 Å². The topological polar surface area (TPSA) is 78.4 Å². The third-order valence-electron chi connectivity index (χ3n) is 3.77. The lowest BCUT2D eigenvalue weighted by molar-refractivity contribution is -0.118. The maximum absolute atomic E-state index is 12.2. The van der Waals surface area contributed by atoms with Gasteiger partial charge in [0.2, 0.25) is 6.41 Å². The van der Waals surface area contributed by atoms with Crippen LogP contribution in [0.5, 0.6) is 0 Å². The summed E-state index contributed by atoms with van der Waals surface area (Å²) in [5, 5.41) is 10.9. The van der Waals surface area contributed by atoms with Crippen molar-refractivity contribution in [3.05, 3.63) is 46.6 Å². The molecule has 0 saturated carbocycles. The van der Waals surface area contributed by atoms with Crippen LogP contribution in [0.4, 0.5) is 11.5 Å². The van der Waals surface area contributed by atoms with Crippen molar-refractivity contribution < 1.29 is 9.59 Å². The lowest BCUT2D eigenvalue weighted by Gasteiger charge is -2.32. The van der Waals surface area contributed by atoms with Gasteiger partial charge in [0.1, 0.15) is 0 Å². The summed E-state index contributed by atoms with van der Waals surface area (Å²) in [6, 6.07) is 10.7. The standard InChI is InChI=1S/C16H16BrN5O2/c17-12-1-3-13(4-2-12)18-16(24)14-5-6-15(20-19-14)22-9-7-21(11-23)8-10-22/h1-6,11H,7-10H2,(H,18,24). The molecule has 1 aliphatic rings. The molecule has 1 aromatic heterocycles. The summed E-state index contributed by atoms with van der Waals surface area (Å²) in [4.78, 5) is 26.7. The van der Waals surface area contributed by atoms with Crippen molar-refractivity contribution in [3.8, 4) is 0 Å². The van der Waals surface area contributed by atoms with Crippen molar-refractivity contribution in [3.63, 3.8) is 0 Å². The number of rotatable bonds is 4. The summed E-state index contributed by atoms with van der Waals surface area (Å²) >= 11 is 3.35. The Kier molecular flexibility index (Phi) is 5.05. The van der Waals surface area contributed by atoms with Crippen LogP contribution < -0.4 is 10.2 Å². The van der Waals surface area contributed by atoms with E-state index in [0.717, 1.165) is 10.9 Å². The highest BCUT2D eigenvalue weighted by atomic mass is 79.9. The number of hydrogen-bond acceptors (Lipinski definition) is 5. The number of aromatic nitrogens is 2. The zero-order valence-corrected chi connectivity index (χ0v) is 14.4. The monoisotopic (exact) mass is 389 g/mol. The van der Waals surface area contributed by atoms with Gasteiger partial charge in [-0.15, -0.1) is 10.2 Å². The summed E-state index contributed by atoms with van der Waals surface area (Å²) in [5.41, 5.74) is 0.951. The number of benzene rings is 1. The van der Waals surface area contributed by atoms with Crippen LogP contribution in [0.25, 0.3) is 0 Å². The van der Waals surface area contributed by atoms with Gasteiger partial charge >= 0.3 is 0 Å². The molecule has 7 nitrogen and oxygen atoms in total. The van der Waals surface area contributed by atoms with Gasteiger partial charge < -0.3 is 15.1 Å². The molecule has 0 unspecified atom stereocenters. The second-order valence-electron chi connectivity index (χ2n) is 5.37. The van der Waals surface area contributed by atoms with Crippen LogP contribution in [0.1, 0.15) is 10.5 Å². The summed E-state index contributed by atoms with van der Waals surface area (Å²) in [5.74, 6) is 0.405. The van der Waals surface area contributed by atoms with Gasteiger partial charge in [0.15, 0.2) is 11.5 Å². The van der Waals surface area contributed by atoms with Crippen LogP contribution in [-0.4, -0.2) is 53.6 Å². The second-order valence-corrected chi connectivity index (χ2v) is 6.28. The van der Waals surface area contributed by atoms with Crippen LogP contribution in [-0.2, 0) is 4.79 Å². The Bertz CT molecular complexity index is 712. The van der Waals surface area contributed by atoms with Crippen LogP contribution in [0, 0.1) is 0 Å². The zero-order valence-electron chi connectivity index (χ0n) is 12.9. The van der Waals surface area contributed by atoms with Gasteiger partial charge in [-0.05, 0) is 36.4 Å². The fourth-order valence-corrected chi connectivity index (χ4v) is 2.66. The Morgan fingerprint density at radius 3 is 2.33 bits per heavy atom. The number of piperazine rings is 1. The Hall–Kier alpha value is -2.48. The number of carbonyl (C=O) groups excluding carboxylic acids is 2. The number of halogens is 1. The molecule has 124 valence electrons. The van der Waals surface area contributed by atoms with Crippen LogP contribution in [0.3, 0.4) is 0 Å². The molecule has 2 amide bonds. The number of nitrogens with one attached hydrogen (secondary N) is 1. The summed E-state index contributed by atoms with van der Waals surface area (Å²) in [6.07, 6.45) is 0.860. The fraction of sp³-hybridized carbons (Fsp3) is 0.250. The second kappa shape index (κ2) is 7.39. The van der Waals surface area contributed by atoms with Crippen LogP contribution in [0.2, 0.25) is 0 Å². The van der Waals surface area contributed by atoms with E-state index in [-0.39, 0.29) is 11.6 Å². The highest BCUT2D eigenvalue weighted by Crippen LogP contribution is 2.16. The highest BCUT2D eigenvalue weighted by Gasteiger charge is 2.17. The van der Waals surface area contributed by atoms with E-state index in [1.54, 1.807) is 29.2 Å². The van der Waals surface area contributed by atoms with Crippen molar-refractivity contribution in [2.24, 2.45) is 0 Å². The molecule has 0 bridgehead atoms. The minimum absolute atomic E-state index is 0.258. The van der Waals surface area contributed by atoms with E-state index in [4.69, 9.17) is 0 Å². The minimum atomic E-state index is -0.304. The molecule has 3 rings (SSSR count). The van der Waals surface area contributed by atoms with Gasteiger partial charge in [-0.2, -0.15) is 0 Å². The van der Waals surface area contributed by atoms with Gasteiger partial charge in [0.25, 0.3) is 5.91 Å². The first-order valence-electron chi connectivity index (χ1n) is 7.50. The van der Waals surface area contributed by atoms with E-state index >= 15 is 0 Å². The van der Waals surface area contributed by atoms with Gasteiger partial charge in [-0.3, -0.25) is 9.59 Å². The molecule has 0 atom stereocenters. The third-order valence-corrected chi connectivity index (χ3v) is 4.30. The Morgan fingerprint density at radius 2 is 1.75 bits per heavy atom. The Labute approximate surface area is 147 Å². The number of anilines is 2. The molecule has 2 aromatic rings. The molecule has 0 radical (unpaired) electrons. The maximum atomic E-state index is 12.2. The highest BCUT2D eigenvalue weighted by molar-refractivity contribution is 9.10. The van der Waals surface area contributed by atoms with Crippen LogP contribution >= 0.6 is 15.9 Å². The van der Waals surface area contributed by atoms with E-state index in [9.17, 15) is 9.59 Å². The Morgan fingerprint density at radius 1 is 1.04 bits per heavy atom. The lowest BCUT2D eigenvalue weighted by atomic mass is 10.3. The SMILES string of the molecule is O=CN1CCN(c2ccc(C(=O)Nc3ccc(Br)cc3)nn2)CC1. The van der Waals surface area contributed by atoms with Gasteiger partial charge in [-0.25, -0.2) is 0 Å². The molecular weight excluding hydrogens is 374 g/mol. The molecule has 2 heterocycles. The van der Waals surface area contributed by atoms with E-state index < -0.39 is 0 Å². The first-order chi connectivity index (χ1) is 11.7. The average molecular weight is 390 g/mol. The van der Waals surface area contributed by atoms with Crippen molar-refractivity contribution in [2.45, 2.75) is 0 Å². The summed E-state index contributed by atoms with van der Waals surface area (Å²) < 4.78 is 0.944. The zero-order chi connectivity index (χ0) is 16.9. The normalized spacial score (nSPS) is 14.4. The molecule has 8 heteroatoms. The van der Waals surface area contributed by atoms with E-state index in [0.29, 0.717) is 37.7 Å². The quantitative estimate of drug-likeness (QED) is 0.806. The van der Waals surface area contributed by atoms with Crippen molar-refractivity contribution in [1.82, 2.24) is 15.1 Å². The molecule has 1 saturated heterocycles. The van der Waals surface area contributed by atoms with E-state index in [2.05, 4.69) is 31.4 Å². The summed E-state index contributed by atoms with van der Waals surface area (Å²) in [7, 11) is 0. The fourth-order valence-electron chi connectivity index (χ4n) is 2.40. The summed E-state index contributed by atoms with van der Waals surface area (Å²) in [6.45, 7) is 2.74. The van der Waals surface area contributed by atoms with E-state index in [1.165, 1.54) is 0 Å². The first-order valence-corrected chi connectivity index (χ1v) is 8.30. The molecule has 24 heavy (non-hydrogen) atoms. The predicted octanol–water partition coefficient (Wildman–Crippen LogP) is 1.77. The van der Waals surface area contributed by atoms with Gasteiger partial charge in [0.05, 0.1) is 0 Å². The van der Waals surface area contributed by atoms with Crippen LogP contribution in [0.15, 0.2) is 40.9 Å². The molecule has 0 spiro atoms. The molecule has 1 fully saturated rings. The lowest BCUT2D eigenvalue weighted by Crippen LogP contribution is -2.46. The molecule has 1 aromatic carbocycles. The number of carbonyl (C=O) groups is 2. The molecule has 1 N–H and O–H groups in total. The predicted molar refractivity (Wildman–Crippen MR) is 94.0 cm³/mol. The number of amides is 2. The number of nitrogens with zero attached hydrogens (tertiary/aromatic N) is 4. The smallest absolute Gasteiger partial charge is 0.276 e. The van der Waals surface area contributed by atoms with E-state index in [1.807, 2.05) is 17.0 Å². The average Bonchev–Trinajstić information content (AvgIpc) is 2.64. The van der Waals surface area contributed by atoms with Crippen molar-refractivity contribution >= 4 is 39.8 Å². The molecule has 1 aliphatic heterocycles. The molecular formula is C16H16BrN5O2. The van der Waals surface area contributed by atoms with Gasteiger partial charge in [-0.1, -0.05) is 15.9 Å². The van der Waals surface area contributed by atoms with Crippen molar-refractivity contribution in [1.29, 1.82) is 0 Å². The minimum Gasteiger partial charge on any atom is -0.352 e. The maximum Gasteiger partial charge on any atom is 0.276 e. The third kappa shape index (κ3) is 3.88. The first kappa shape index (κ1) is 16.4. The Balaban J connectivity index is 1.62. The number of hydrogen-bond donors (Lipinski definition) is 1. The molecule has 0 aliphatic carbocycles.